The predicted octanol–water partition coefficient (Wildman–Crippen LogP) is 3.36. The van der Waals surface area contributed by atoms with Crippen molar-refractivity contribution in [3.63, 3.8) is 0 Å². The first-order valence-corrected chi connectivity index (χ1v) is 7.17. The standard InChI is InChI=1S/C15H14N4OS/c1-20-11-7-8-12-13(9-11)21-15(18-12)19-14(16)17-10-5-3-2-4-6-10/h2-9H,1H3,(H3,16,17,18,19). The van der Waals surface area contributed by atoms with Gasteiger partial charge in [0, 0.05) is 5.69 Å². The van der Waals surface area contributed by atoms with E-state index in [0.29, 0.717) is 11.1 Å². The van der Waals surface area contributed by atoms with Crippen LogP contribution in [0, 0.1) is 0 Å². The minimum Gasteiger partial charge on any atom is -0.497 e. The molecule has 3 rings (SSSR count). The predicted molar refractivity (Wildman–Crippen MR) is 87.5 cm³/mol. The highest BCUT2D eigenvalue weighted by Crippen LogP contribution is 2.30. The van der Waals surface area contributed by atoms with Gasteiger partial charge in [-0.3, -0.25) is 0 Å². The molecule has 0 saturated carbocycles. The number of nitrogens with one attached hydrogen (secondary N) is 1. The van der Waals surface area contributed by atoms with Crippen LogP contribution in [0.5, 0.6) is 5.75 Å². The molecule has 0 aliphatic carbocycles. The van der Waals surface area contributed by atoms with E-state index in [1.54, 1.807) is 7.11 Å². The number of hydrogen-bond donors (Lipinski definition) is 2. The van der Waals surface area contributed by atoms with E-state index in [4.69, 9.17) is 10.5 Å². The van der Waals surface area contributed by atoms with Gasteiger partial charge in [0.1, 0.15) is 5.75 Å². The van der Waals surface area contributed by atoms with Crippen LogP contribution in [0.4, 0.5) is 10.8 Å². The van der Waals surface area contributed by atoms with Crippen LogP contribution in [0.15, 0.2) is 53.5 Å². The minimum atomic E-state index is 0.312. The molecule has 5 nitrogen and oxygen atoms in total. The maximum absolute atomic E-state index is 5.90. The summed E-state index contributed by atoms with van der Waals surface area (Å²) in [5.41, 5.74) is 7.67. The third-order valence-electron chi connectivity index (χ3n) is 2.85. The number of fused-ring (bicyclic) bond motifs is 1. The van der Waals surface area contributed by atoms with Crippen molar-refractivity contribution in [2.24, 2.45) is 10.7 Å². The molecule has 0 bridgehead atoms. The maximum atomic E-state index is 5.90. The highest BCUT2D eigenvalue weighted by atomic mass is 32.1. The van der Waals surface area contributed by atoms with Gasteiger partial charge in [0.2, 0.25) is 11.1 Å². The summed E-state index contributed by atoms with van der Waals surface area (Å²) in [6.45, 7) is 0. The first kappa shape index (κ1) is 13.4. The van der Waals surface area contributed by atoms with Crippen LogP contribution in [0.3, 0.4) is 0 Å². The molecule has 1 heterocycles. The van der Waals surface area contributed by atoms with E-state index in [0.717, 1.165) is 21.7 Å². The molecule has 0 unspecified atom stereocenters. The number of thiazole rings is 1. The van der Waals surface area contributed by atoms with E-state index < -0.39 is 0 Å². The van der Waals surface area contributed by atoms with Gasteiger partial charge in [-0.2, -0.15) is 4.99 Å². The molecule has 2 aromatic carbocycles. The summed E-state index contributed by atoms with van der Waals surface area (Å²) in [5.74, 6) is 1.12. The number of methoxy groups -OCH3 is 1. The molecule has 0 saturated heterocycles. The fourth-order valence-corrected chi connectivity index (χ4v) is 2.75. The van der Waals surface area contributed by atoms with Crippen LogP contribution < -0.4 is 15.8 Å². The fourth-order valence-electron chi connectivity index (χ4n) is 1.87. The van der Waals surface area contributed by atoms with Gasteiger partial charge in [0.25, 0.3) is 0 Å². The minimum absolute atomic E-state index is 0.312. The van der Waals surface area contributed by atoms with E-state index in [1.165, 1.54) is 11.3 Å². The molecular weight excluding hydrogens is 284 g/mol. The van der Waals surface area contributed by atoms with Crippen LogP contribution >= 0.6 is 11.3 Å². The molecule has 1 aromatic heterocycles. The highest BCUT2D eigenvalue weighted by Gasteiger charge is 2.05. The molecule has 0 radical (unpaired) electrons. The summed E-state index contributed by atoms with van der Waals surface area (Å²) in [6.07, 6.45) is 0. The second-order valence-electron chi connectivity index (χ2n) is 4.32. The quantitative estimate of drug-likeness (QED) is 0.574. The van der Waals surface area contributed by atoms with Gasteiger partial charge >= 0.3 is 0 Å². The van der Waals surface area contributed by atoms with Gasteiger partial charge in [-0.15, -0.1) is 0 Å². The van der Waals surface area contributed by atoms with Crippen LogP contribution in [0.25, 0.3) is 10.2 Å². The van der Waals surface area contributed by atoms with Crippen LogP contribution in [0.2, 0.25) is 0 Å². The normalized spacial score (nSPS) is 11.6. The Morgan fingerprint density at radius 2 is 2.05 bits per heavy atom. The van der Waals surface area contributed by atoms with Gasteiger partial charge in [-0.05, 0) is 30.3 Å². The number of rotatable bonds is 3. The highest BCUT2D eigenvalue weighted by molar-refractivity contribution is 7.22. The van der Waals surface area contributed by atoms with Crippen molar-refractivity contribution in [2.45, 2.75) is 0 Å². The van der Waals surface area contributed by atoms with Crippen molar-refractivity contribution in [3.05, 3.63) is 48.5 Å². The Morgan fingerprint density at radius 1 is 1.24 bits per heavy atom. The average molecular weight is 298 g/mol. The second kappa shape index (κ2) is 5.80. The molecule has 0 spiro atoms. The number of ether oxygens (including phenoxy) is 1. The number of guanidine groups is 1. The Balaban J connectivity index is 1.84. The van der Waals surface area contributed by atoms with E-state index in [9.17, 15) is 0 Å². The van der Waals surface area contributed by atoms with Gasteiger partial charge in [0.15, 0.2) is 0 Å². The van der Waals surface area contributed by atoms with Crippen molar-refractivity contribution < 1.29 is 4.74 Å². The molecule has 0 fully saturated rings. The Bertz CT molecular complexity index is 783. The Morgan fingerprint density at radius 3 is 2.81 bits per heavy atom. The maximum Gasteiger partial charge on any atom is 0.213 e. The third-order valence-corrected chi connectivity index (χ3v) is 3.76. The number of benzene rings is 2. The van der Waals surface area contributed by atoms with Crippen molar-refractivity contribution in [2.75, 3.05) is 12.4 Å². The van der Waals surface area contributed by atoms with Gasteiger partial charge in [0.05, 0.1) is 17.3 Å². The van der Waals surface area contributed by atoms with Crippen molar-refractivity contribution in [1.82, 2.24) is 4.98 Å². The summed E-state index contributed by atoms with van der Waals surface area (Å²) < 4.78 is 6.21. The topological polar surface area (TPSA) is 72.5 Å². The zero-order valence-electron chi connectivity index (χ0n) is 11.4. The molecule has 21 heavy (non-hydrogen) atoms. The summed E-state index contributed by atoms with van der Waals surface area (Å²) in [4.78, 5) is 8.72. The second-order valence-corrected chi connectivity index (χ2v) is 5.33. The Hall–Kier alpha value is -2.60. The number of aliphatic imine (C=N–C) groups is 1. The van der Waals surface area contributed by atoms with E-state index in [2.05, 4.69) is 15.3 Å². The summed E-state index contributed by atoms with van der Waals surface area (Å²) in [7, 11) is 1.64. The summed E-state index contributed by atoms with van der Waals surface area (Å²) in [5, 5.41) is 3.64. The molecule has 106 valence electrons. The number of nitrogens with two attached hydrogens (primary N) is 1. The molecule has 0 amide bonds. The van der Waals surface area contributed by atoms with E-state index in [-0.39, 0.29) is 0 Å². The monoisotopic (exact) mass is 298 g/mol. The fraction of sp³-hybridized carbons (Fsp3) is 0.0667. The van der Waals surface area contributed by atoms with E-state index in [1.807, 2.05) is 48.5 Å². The average Bonchev–Trinajstić information content (AvgIpc) is 2.89. The molecule has 0 aliphatic rings. The lowest BCUT2D eigenvalue weighted by Gasteiger charge is -2.03. The van der Waals surface area contributed by atoms with Crippen molar-refractivity contribution in [3.8, 4) is 5.75 Å². The van der Waals surface area contributed by atoms with E-state index >= 15 is 0 Å². The first-order chi connectivity index (χ1) is 10.2. The van der Waals surface area contributed by atoms with Crippen molar-refractivity contribution >= 4 is 38.3 Å². The first-order valence-electron chi connectivity index (χ1n) is 6.35. The lowest BCUT2D eigenvalue weighted by molar-refractivity contribution is 0.415. The molecule has 0 atom stereocenters. The number of aromatic nitrogens is 1. The summed E-state index contributed by atoms with van der Waals surface area (Å²) >= 11 is 1.47. The Kier molecular flexibility index (Phi) is 3.70. The molecular formula is C15H14N4OS. The third kappa shape index (κ3) is 3.11. The molecule has 0 aliphatic heterocycles. The zero-order valence-corrected chi connectivity index (χ0v) is 12.2. The lowest BCUT2D eigenvalue weighted by atomic mass is 10.3. The smallest absolute Gasteiger partial charge is 0.213 e. The molecule has 3 N–H and O–H groups in total. The molecule has 3 aromatic rings. The van der Waals surface area contributed by atoms with Gasteiger partial charge < -0.3 is 15.8 Å². The summed E-state index contributed by atoms with van der Waals surface area (Å²) in [6, 6.07) is 15.4. The van der Waals surface area contributed by atoms with Crippen LogP contribution in [-0.2, 0) is 0 Å². The van der Waals surface area contributed by atoms with Crippen LogP contribution in [-0.4, -0.2) is 18.1 Å². The number of nitrogens with zero attached hydrogens (tertiary/aromatic N) is 2. The number of para-hydroxylation sites is 1. The zero-order chi connectivity index (χ0) is 14.7. The Labute approximate surface area is 126 Å². The van der Waals surface area contributed by atoms with Crippen LogP contribution in [0.1, 0.15) is 0 Å². The number of hydrogen-bond acceptors (Lipinski definition) is 4. The lowest BCUT2D eigenvalue weighted by Crippen LogP contribution is -2.21. The van der Waals surface area contributed by atoms with Gasteiger partial charge in [-0.25, -0.2) is 4.98 Å². The van der Waals surface area contributed by atoms with Gasteiger partial charge in [-0.1, -0.05) is 29.5 Å². The van der Waals surface area contributed by atoms with Crippen molar-refractivity contribution in [1.29, 1.82) is 0 Å². The molecule has 6 heteroatoms. The number of anilines is 1. The largest absolute Gasteiger partial charge is 0.497 e. The SMILES string of the molecule is COc1ccc2nc(/N=C(\N)Nc3ccccc3)sc2c1.